The third-order valence-electron chi connectivity index (χ3n) is 4.29. The number of halogens is 1. The predicted molar refractivity (Wildman–Crippen MR) is 82.2 cm³/mol. The van der Waals surface area contributed by atoms with Crippen LogP contribution in [-0.4, -0.2) is 41.9 Å². The van der Waals surface area contributed by atoms with Crippen LogP contribution in [0.1, 0.15) is 29.9 Å². The van der Waals surface area contributed by atoms with Gasteiger partial charge >= 0.3 is 0 Å². The van der Waals surface area contributed by atoms with Gasteiger partial charge in [0.2, 0.25) is 5.91 Å². The minimum atomic E-state index is 0.0500. The molecule has 2 atom stereocenters. The molecule has 3 rings (SSSR count). The molecule has 1 heterocycles. The topological polar surface area (TPSA) is 29.5 Å². The lowest BCUT2D eigenvalue weighted by atomic mass is 9.82. The van der Waals surface area contributed by atoms with Crippen molar-refractivity contribution in [3.8, 4) is 0 Å². The normalized spacial score (nSPS) is 26.1. The zero-order valence-corrected chi connectivity index (χ0v) is 13.1. The van der Waals surface area contributed by atoms with E-state index in [0.29, 0.717) is 13.2 Å². The summed E-state index contributed by atoms with van der Waals surface area (Å²) in [6.07, 6.45) is 3.32. The van der Waals surface area contributed by atoms with Crippen LogP contribution in [0, 0.1) is 0 Å². The van der Waals surface area contributed by atoms with E-state index in [0.717, 1.165) is 31.1 Å². The highest BCUT2D eigenvalue weighted by atomic mass is 79.9. The van der Waals surface area contributed by atoms with Gasteiger partial charge in [-0.2, -0.15) is 0 Å². The van der Waals surface area contributed by atoms with E-state index >= 15 is 0 Å². The van der Waals surface area contributed by atoms with Gasteiger partial charge in [0, 0.05) is 18.4 Å². The highest BCUT2D eigenvalue weighted by Crippen LogP contribution is 2.33. The van der Waals surface area contributed by atoms with Gasteiger partial charge in [-0.1, -0.05) is 40.2 Å². The molecule has 3 nitrogen and oxygen atoms in total. The van der Waals surface area contributed by atoms with Crippen LogP contribution in [0.3, 0.4) is 0 Å². The summed E-state index contributed by atoms with van der Waals surface area (Å²) < 4.78 is 5.62. The number of nitrogens with zero attached hydrogens (tertiary/aromatic N) is 1. The van der Waals surface area contributed by atoms with Crippen LogP contribution in [0.4, 0.5) is 0 Å². The molecule has 0 saturated carbocycles. The van der Waals surface area contributed by atoms with Crippen molar-refractivity contribution >= 4 is 21.8 Å². The molecule has 4 heteroatoms. The summed E-state index contributed by atoms with van der Waals surface area (Å²) in [4.78, 5) is 14.8. The van der Waals surface area contributed by atoms with Crippen LogP contribution < -0.4 is 0 Å². The summed E-state index contributed by atoms with van der Waals surface area (Å²) in [5.41, 5.74) is 2.59. The average molecular weight is 338 g/mol. The van der Waals surface area contributed by atoms with Crippen molar-refractivity contribution in [2.45, 2.75) is 31.3 Å². The van der Waals surface area contributed by atoms with Crippen LogP contribution in [0.2, 0.25) is 0 Å². The van der Waals surface area contributed by atoms with Gasteiger partial charge in [-0.15, -0.1) is 0 Å². The fourth-order valence-corrected chi connectivity index (χ4v) is 3.64. The first-order valence-corrected chi connectivity index (χ1v) is 8.46. The summed E-state index contributed by atoms with van der Waals surface area (Å²) in [6.45, 7) is 2.08. The number of carbonyl (C=O) groups is 1. The van der Waals surface area contributed by atoms with Crippen molar-refractivity contribution < 1.29 is 9.53 Å². The zero-order chi connectivity index (χ0) is 13.9. The van der Waals surface area contributed by atoms with E-state index < -0.39 is 0 Å². The number of morpholine rings is 1. The molecule has 20 heavy (non-hydrogen) atoms. The van der Waals surface area contributed by atoms with Crippen molar-refractivity contribution in [1.82, 2.24) is 4.90 Å². The first kappa shape index (κ1) is 14.1. The first-order valence-electron chi connectivity index (χ1n) is 7.33. The maximum atomic E-state index is 12.8. The average Bonchev–Trinajstić information content (AvgIpc) is 2.53. The molecule has 1 fully saturated rings. The van der Waals surface area contributed by atoms with Crippen molar-refractivity contribution in [2.24, 2.45) is 0 Å². The molecule has 108 valence electrons. The van der Waals surface area contributed by atoms with Gasteiger partial charge in [0.1, 0.15) is 0 Å². The van der Waals surface area contributed by atoms with Gasteiger partial charge in [0.25, 0.3) is 0 Å². The van der Waals surface area contributed by atoms with Crippen molar-refractivity contribution in [3.63, 3.8) is 0 Å². The molecule has 1 amide bonds. The fourth-order valence-electron chi connectivity index (χ4n) is 3.24. The van der Waals surface area contributed by atoms with E-state index in [1.807, 2.05) is 11.0 Å². The number of carbonyl (C=O) groups excluding carboxylic acids is 1. The Bertz CT molecular complexity index is 491. The molecule has 1 saturated heterocycles. The van der Waals surface area contributed by atoms with Gasteiger partial charge in [-0.3, -0.25) is 4.79 Å². The molecule has 0 bridgehead atoms. The smallest absolute Gasteiger partial charge is 0.230 e. The second-order valence-corrected chi connectivity index (χ2v) is 6.22. The SMILES string of the molecule is O=C(C1CCCc2ccccc21)N1CCOC(CBr)C1. The molecular formula is C16H20BrNO2. The molecule has 2 unspecified atom stereocenters. The third kappa shape index (κ3) is 2.77. The Balaban J connectivity index is 1.78. The van der Waals surface area contributed by atoms with Gasteiger partial charge in [0.15, 0.2) is 0 Å². The molecule has 1 aromatic rings. The lowest BCUT2D eigenvalue weighted by molar-refractivity contribution is -0.139. The van der Waals surface area contributed by atoms with Crippen LogP contribution >= 0.6 is 15.9 Å². The van der Waals surface area contributed by atoms with E-state index in [-0.39, 0.29) is 17.9 Å². The van der Waals surface area contributed by atoms with Crippen LogP contribution in [-0.2, 0) is 16.0 Å². The fraction of sp³-hybridized carbons (Fsp3) is 0.562. The zero-order valence-electron chi connectivity index (χ0n) is 11.6. The summed E-state index contributed by atoms with van der Waals surface area (Å²) in [5.74, 6) is 0.334. The second kappa shape index (κ2) is 6.27. The van der Waals surface area contributed by atoms with Crippen LogP contribution in [0.25, 0.3) is 0 Å². The van der Waals surface area contributed by atoms with E-state index in [1.165, 1.54) is 11.1 Å². The quantitative estimate of drug-likeness (QED) is 0.776. The Hall–Kier alpha value is -0.870. The second-order valence-electron chi connectivity index (χ2n) is 5.57. The highest BCUT2D eigenvalue weighted by Gasteiger charge is 2.32. The Morgan fingerprint density at radius 3 is 3.10 bits per heavy atom. The van der Waals surface area contributed by atoms with Gasteiger partial charge in [-0.25, -0.2) is 0 Å². The molecule has 0 N–H and O–H groups in total. The van der Waals surface area contributed by atoms with Crippen molar-refractivity contribution in [2.75, 3.05) is 25.0 Å². The maximum absolute atomic E-state index is 12.8. The number of ether oxygens (including phenoxy) is 1. The minimum absolute atomic E-state index is 0.0500. The molecule has 1 aliphatic heterocycles. The van der Waals surface area contributed by atoms with E-state index in [1.54, 1.807) is 0 Å². The molecule has 0 aromatic heterocycles. The Labute approximate surface area is 128 Å². The van der Waals surface area contributed by atoms with Crippen molar-refractivity contribution in [1.29, 1.82) is 0 Å². The number of alkyl halides is 1. The lowest BCUT2D eigenvalue weighted by Gasteiger charge is -2.36. The number of hydrogen-bond acceptors (Lipinski definition) is 2. The molecular weight excluding hydrogens is 318 g/mol. The summed E-state index contributed by atoms with van der Waals surface area (Å²) in [7, 11) is 0. The lowest BCUT2D eigenvalue weighted by Crippen LogP contribution is -2.48. The summed E-state index contributed by atoms with van der Waals surface area (Å²) >= 11 is 3.45. The highest BCUT2D eigenvalue weighted by molar-refractivity contribution is 9.09. The van der Waals surface area contributed by atoms with Gasteiger partial charge in [0.05, 0.1) is 18.6 Å². The molecule has 0 spiro atoms. The maximum Gasteiger partial charge on any atom is 0.230 e. The van der Waals surface area contributed by atoms with E-state index in [9.17, 15) is 4.79 Å². The number of fused-ring (bicyclic) bond motifs is 1. The van der Waals surface area contributed by atoms with E-state index in [2.05, 4.69) is 34.1 Å². The minimum Gasteiger partial charge on any atom is -0.374 e. The van der Waals surface area contributed by atoms with Crippen molar-refractivity contribution in [3.05, 3.63) is 35.4 Å². The largest absolute Gasteiger partial charge is 0.374 e. The molecule has 2 aliphatic rings. The van der Waals surface area contributed by atoms with Crippen LogP contribution in [0.15, 0.2) is 24.3 Å². The standard InChI is InChI=1S/C16H20BrNO2/c17-10-13-11-18(8-9-20-13)16(19)15-7-3-5-12-4-1-2-6-14(12)15/h1-2,4,6,13,15H,3,5,7-11H2. The Kier molecular flexibility index (Phi) is 4.41. The first-order chi connectivity index (χ1) is 9.79. The monoisotopic (exact) mass is 337 g/mol. The van der Waals surface area contributed by atoms with Gasteiger partial charge in [-0.05, 0) is 30.4 Å². The number of amides is 1. The Morgan fingerprint density at radius 1 is 1.40 bits per heavy atom. The summed E-state index contributed by atoms with van der Waals surface area (Å²) in [6, 6.07) is 8.40. The number of hydrogen-bond donors (Lipinski definition) is 0. The van der Waals surface area contributed by atoms with E-state index in [4.69, 9.17) is 4.74 Å². The number of benzene rings is 1. The number of aryl methyl sites for hydroxylation is 1. The van der Waals surface area contributed by atoms with Gasteiger partial charge < -0.3 is 9.64 Å². The molecule has 1 aromatic carbocycles. The molecule has 1 aliphatic carbocycles. The van der Waals surface area contributed by atoms with Crippen LogP contribution in [0.5, 0.6) is 0 Å². The Morgan fingerprint density at radius 2 is 2.25 bits per heavy atom. The summed E-state index contributed by atoms with van der Waals surface area (Å²) in [5, 5.41) is 0.790. The number of rotatable bonds is 2. The third-order valence-corrected chi connectivity index (χ3v) is 5.01. The molecule has 0 radical (unpaired) electrons. The predicted octanol–water partition coefficient (Wildman–Crippen LogP) is 2.73.